The molecule has 1 N–H and O–H groups in total. The van der Waals surface area contributed by atoms with Crippen molar-refractivity contribution in [2.24, 2.45) is 5.10 Å². The Balaban J connectivity index is 1.48. The lowest BCUT2D eigenvalue weighted by molar-refractivity contribution is -0.118. The summed E-state index contributed by atoms with van der Waals surface area (Å²) in [6.07, 6.45) is 1.57. The Morgan fingerprint density at radius 2 is 1.93 bits per heavy atom. The van der Waals surface area contributed by atoms with E-state index in [4.69, 9.17) is 9.40 Å². The number of thioether (sulfide) groups is 1. The number of aromatic nitrogens is 2. The van der Waals surface area contributed by atoms with Gasteiger partial charge >= 0.3 is 0 Å². The van der Waals surface area contributed by atoms with Crippen molar-refractivity contribution in [2.45, 2.75) is 25.5 Å². The summed E-state index contributed by atoms with van der Waals surface area (Å²) < 4.78 is 7.42. The van der Waals surface area contributed by atoms with Crippen molar-refractivity contribution < 1.29 is 9.21 Å². The number of benzene rings is 2. The summed E-state index contributed by atoms with van der Waals surface area (Å²) in [6, 6.07) is 20.1. The summed E-state index contributed by atoms with van der Waals surface area (Å²) in [5, 5.41) is 4.91. The number of hydrogen-bond acceptors (Lipinski definition) is 5. The molecule has 2 heterocycles. The molecule has 0 aliphatic carbocycles. The van der Waals surface area contributed by atoms with Gasteiger partial charge in [0, 0.05) is 0 Å². The average Bonchev–Trinajstić information content (AvgIpc) is 3.41. The minimum atomic E-state index is -0.195. The molecular formula is C23H22N4O2S. The molecular weight excluding hydrogens is 396 g/mol. The van der Waals surface area contributed by atoms with Crippen LogP contribution in [0.5, 0.6) is 0 Å². The molecule has 2 aromatic carbocycles. The minimum Gasteiger partial charge on any atom is -0.463 e. The molecule has 0 radical (unpaired) electrons. The first-order valence-corrected chi connectivity index (χ1v) is 10.6. The van der Waals surface area contributed by atoms with E-state index in [2.05, 4.69) is 52.3 Å². The Bertz CT molecular complexity index is 1180. The molecule has 30 heavy (non-hydrogen) atoms. The van der Waals surface area contributed by atoms with Crippen molar-refractivity contribution in [3.8, 4) is 0 Å². The zero-order valence-electron chi connectivity index (χ0n) is 16.8. The molecule has 0 aliphatic rings. The maximum absolute atomic E-state index is 12.3. The maximum Gasteiger partial charge on any atom is 0.250 e. The maximum atomic E-state index is 12.3. The molecule has 1 amide bonds. The fourth-order valence-electron chi connectivity index (χ4n) is 3.04. The zero-order chi connectivity index (χ0) is 20.9. The molecule has 0 saturated carbocycles. The topological polar surface area (TPSA) is 72.4 Å². The smallest absolute Gasteiger partial charge is 0.250 e. The van der Waals surface area contributed by atoms with Crippen molar-refractivity contribution in [3.05, 3.63) is 83.8 Å². The second kappa shape index (κ2) is 9.00. The van der Waals surface area contributed by atoms with Gasteiger partial charge in [-0.2, -0.15) is 5.10 Å². The van der Waals surface area contributed by atoms with Gasteiger partial charge in [0.2, 0.25) is 0 Å². The van der Waals surface area contributed by atoms with Crippen molar-refractivity contribution in [3.63, 3.8) is 0 Å². The van der Waals surface area contributed by atoms with Gasteiger partial charge in [0.1, 0.15) is 11.5 Å². The van der Waals surface area contributed by atoms with Gasteiger partial charge in [-0.3, -0.25) is 4.79 Å². The van der Waals surface area contributed by atoms with Crippen LogP contribution in [0.15, 0.2) is 81.6 Å². The van der Waals surface area contributed by atoms with E-state index in [1.54, 1.807) is 25.3 Å². The van der Waals surface area contributed by atoms with E-state index in [0.717, 1.165) is 16.2 Å². The number of hydrogen-bond donors (Lipinski definition) is 1. The molecule has 4 rings (SSSR count). The number of carbonyl (C=O) groups is 1. The molecule has 0 aliphatic heterocycles. The largest absolute Gasteiger partial charge is 0.463 e. The number of hydrazone groups is 1. The standard InChI is InChI=1S/C23H22N4O2S/c1-16-9-11-18(12-10-16)14-27-20-7-4-3-6-19(20)24-23(27)30-15-22(28)26-25-17(2)21-8-5-13-29-21/h3-13H,14-15H2,1-2H3,(H,26,28). The van der Waals surface area contributed by atoms with Crippen LogP contribution in [0.3, 0.4) is 0 Å². The second-order valence-corrected chi connectivity index (χ2v) is 7.90. The van der Waals surface area contributed by atoms with Gasteiger partial charge in [-0.15, -0.1) is 0 Å². The summed E-state index contributed by atoms with van der Waals surface area (Å²) in [6.45, 7) is 4.56. The fourth-order valence-corrected chi connectivity index (χ4v) is 3.85. The molecule has 0 atom stereocenters. The number of nitrogens with zero attached hydrogens (tertiary/aromatic N) is 3. The summed E-state index contributed by atoms with van der Waals surface area (Å²) >= 11 is 1.40. The molecule has 0 fully saturated rings. The highest BCUT2D eigenvalue weighted by Crippen LogP contribution is 2.25. The van der Waals surface area contributed by atoms with Crippen LogP contribution in [0.25, 0.3) is 11.0 Å². The summed E-state index contributed by atoms with van der Waals surface area (Å²) in [7, 11) is 0. The first-order valence-electron chi connectivity index (χ1n) is 9.61. The van der Waals surface area contributed by atoms with E-state index < -0.39 is 0 Å². The van der Waals surface area contributed by atoms with Gasteiger partial charge < -0.3 is 8.98 Å². The number of imidazole rings is 1. The van der Waals surface area contributed by atoms with E-state index in [1.165, 1.54) is 22.9 Å². The first kappa shape index (κ1) is 20.0. The quantitative estimate of drug-likeness (QED) is 0.270. The molecule has 0 spiro atoms. The van der Waals surface area contributed by atoms with E-state index in [9.17, 15) is 4.79 Å². The number of furan rings is 1. The predicted octanol–water partition coefficient (Wildman–Crippen LogP) is 4.62. The van der Waals surface area contributed by atoms with Gasteiger partial charge in [0.15, 0.2) is 5.16 Å². The van der Waals surface area contributed by atoms with E-state index in [0.29, 0.717) is 18.0 Å². The zero-order valence-corrected chi connectivity index (χ0v) is 17.6. The Labute approximate surface area is 179 Å². The molecule has 4 aromatic rings. The Kier molecular flexibility index (Phi) is 5.99. The van der Waals surface area contributed by atoms with E-state index in [1.807, 2.05) is 18.2 Å². The van der Waals surface area contributed by atoms with Gasteiger partial charge in [-0.05, 0) is 43.7 Å². The summed E-state index contributed by atoms with van der Waals surface area (Å²) in [5.41, 5.74) is 7.58. The molecule has 6 nitrogen and oxygen atoms in total. The number of carbonyl (C=O) groups excluding carboxylic acids is 1. The monoisotopic (exact) mass is 418 g/mol. The van der Waals surface area contributed by atoms with Gasteiger partial charge in [0.05, 0.1) is 29.6 Å². The second-order valence-electron chi connectivity index (χ2n) is 6.95. The number of nitrogens with one attached hydrogen (secondary N) is 1. The van der Waals surface area contributed by atoms with Crippen LogP contribution in [0.1, 0.15) is 23.8 Å². The normalized spacial score (nSPS) is 11.7. The lowest BCUT2D eigenvalue weighted by Crippen LogP contribution is -2.21. The summed E-state index contributed by atoms with van der Waals surface area (Å²) in [5.74, 6) is 0.647. The Morgan fingerprint density at radius 1 is 1.13 bits per heavy atom. The van der Waals surface area contributed by atoms with Gasteiger partial charge in [-0.1, -0.05) is 53.7 Å². The molecule has 0 saturated heterocycles. The highest BCUT2D eigenvalue weighted by molar-refractivity contribution is 7.99. The Hall–Kier alpha value is -3.32. The van der Waals surface area contributed by atoms with Crippen LogP contribution in [0.4, 0.5) is 0 Å². The number of rotatable bonds is 7. The third-order valence-electron chi connectivity index (χ3n) is 4.64. The molecule has 0 bridgehead atoms. The number of amides is 1. The molecule has 152 valence electrons. The number of aryl methyl sites for hydroxylation is 1. The average molecular weight is 419 g/mol. The van der Waals surface area contributed by atoms with Crippen LogP contribution >= 0.6 is 11.8 Å². The molecule has 7 heteroatoms. The van der Waals surface area contributed by atoms with Crippen molar-refractivity contribution >= 4 is 34.4 Å². The predicted molar refractivity (Wildman–Crippen MR) is 120 cm³/mol. The summed E-state index contributed by atoms with van der Waals surface area (Å²) in [4.78, 5) is 17.0. The number of para-hydroxylation sites is 2. The van der Waals surface area contributed by atoms with Gasteiger partial charge in [0.25, 0.3) is 5.91 Å². The SMILES string of the molecule is CC(=NNC(=O)CSc1nc2ccccc2n1Cc1ccc(C)cc1)c1ccco1. The van der Waals surface area contributed by atoms with Crippen LogP contribution in [-0.2, 0) is 11.3 Å². The van der Waals surface area contributed by atoms with Crippen LogP contribution in [-0.4, -0.2) is 26.9 Å². The van der Waals surface area contributed by atoms with E-state index >= 15 is 0 Å². The fraction of sp³-hybridized carbons (Fsp3) is 0.174. The van der Waals surface area contributed by atoms with Crippen molar-refractivity contribution in [1.29, 1.82) is 0 Å². The Morgan fingerprint density at radius 3 is 2.70 bits per heavy atom. The van der Waals surface area contributed by atoms with Gasteiger partial charge in [-0.25, -0.2) is 10.4 Å². The lowest BCUT2D eigenvalue weighted by atomic mass is 10.1. The highest BCUT2D eigenvalue weighted by atomic mass is 32.2. The first-order chi connectivity index (χ1) is 14.6. The lowest BCUT2D eigenvalue weighted by Gasteiger charge is -2.09. The van der Waals surface area contributed by atoms with Crippen LogP contribution < -0.4 is 5.43 Å². The van der Waals surface area contributed by atoms with Crippen molar-refractivity contribution in [1.82, 2.24) is 15.0 Å². The number of fused-ring (bicyclic) bond motifs is 1. The molecule has 2 aromatic heterocycles. The molecule has 0 unspecified atom stereocenters. The van der Waals surface area contributed by atoms with Crippen LogP contribution in [0.2, 0.25) is 0 Å². The minimum absolute atomic E-state index is 0.195. The third kappa shape index (κ3) is 4.63. The third-order valence-corrected chi connectivity index (χ3v) is 5.62. The van der Waals surface area contributed by atoms with Crippen molar-refractivity contribution in [2.75, 3.05) is 5.75 Å². The van der Waals surface area contributed by atoms with E-state index in [-0.39, 0.29) is 11.7 Å². The van der Waals surface area contributed by atoms with Crippen LogP contribution in [0, 0.1) is 6.92 Å². The highest BCUT2D eigenvalue weighted by Gasteiger charge is 2.13.